The molecule has 0 radical (unpaired) electrons. The molecule has 102 valence electrons. The van der Waals surface area contributed by atoms with Gasteiger partial charge in [0.25, 0.3) is 0 Å². The second kappa shape index (κ2) is 6.11. The number of aryl methyl sites for hydroxylation is 1. The molecule has 0 aromatic heterocycles. The Morgan fingerprint density at radius 3 is 1.89 bits per heavy atom. The van der Waals surface area contributed by atoms with Crippen molar-refractivity contribution >= 4 is 15.2 Å². The molecule has 0 aliphatic heterocycles. The Kier molecular flexibility index (Phi) is 5.29. The van der Waals surface area contributed by atoms with Crippen molar-refractivity contribution in [3.63, 3.8) is 0 Å². The fraction of sp³-hybridized carbons (Fsp3) is 0.400. The fourth-order valence-electron chi connectivity index (χ4n) is 1.67. The Morgan fingerprint density at radius 2 is 1.44 bits per heavy atom. The van der Waals surface area contributed by atoms with E-state index >= 15 is 0 Å². The van der Waals surface area contributed by atoms with Crippen LogP contribution >= 0.6 is 15.2 Å². The van der Waals surface area contributed by atoms with Crippen molar-refractivity contribution in [2.75, 3.05) is 0 Å². The maximum Gasteiger partial charge on any atom is 0.340 e. The third kappa shape index (κ3) is 5.02. The molecule has 0 aliphatic rings. The summed E-state index contributed by atoms with van der Waals surface area (Å²) in [6.07, 6.45) is 0.631. The molecule has 4 N–H and O–H groups in total. The Bertz CT molecular complexity index is 441. The molecule has 0 heterocycles. The molecule has 0 saturated heterocycles. The van der Waals surface area contributed by atoms with E-state index in [9.17, 15) is 9.13 Å². The van der Waals surface area contributed by atoms with E-state index in [2.05, 4.69) is 0 Å². The van der Waals surface area contributed by atoms with E-state index in [1.807, 2.05) is 30.3 Å². The zero-order valence-electron chi connectivity index (χ0n) is 9.59. The summed E-state index contributed by atoms with van der Waals surface area (Å²) >= 11 is 0. The summed E-state index contributed by atoms with van der Waals surface area (Å²) in [7, 11) is -9.56. The van der Waals surface area contributed by atoms with E-state index in [1.54, 1.807) is 0 Å². The van der Waals surface area contributed by atoms with Crippen LogP contribution in [-0.2, 0) is 15.6 Å². The smallest absolute Gasteiger partial charge is 0.324 e. The van der Waals surface area contributed by atoms with Crippen molar-refractivity contribution in [3.8, 4) is 0 Å². The minimum Gasteiger partial charge on any atom is -0.324 e. The van der Waals surface area contributed by atoms with Crippen LogP contribution in [0.4, 0.5) is 0 Å². The molecule has 1 aromatic rings. The van der Waals surface area contributed by atoms with E-state index in [-0.39, 0.29) is 6.42 Å². The predicted octanol–water partition coefficient (Wildman–Crippen LogP) is 1.69. The van der Waals surface area contributed by atoms with Crippen LogP contribution in [0.1, 0.15) is 18.4 Å². The van der Waals surface area contributed by atoms with Gasteiger partial charge in [0.15, 0.2) is 5.40 Å². The number of hydrogen-bond acceptors (Lipinski definition) is 2. The topological polar surface area (TPSA) is 115 Å². The first-order chi connectivity index (χ1) is 8.21. The molecule has 6 nitrogen and oxygen atoms in total. The predicted molar refractivity (Wildman–Crippen MR) is 67.3 cm³/mol. The molecular weight excluding hydrogens is 278 g/mol. The monoisotopic (exact) mass is 294 g/mol. The average molecular weight is 294 g/mol. The van der Waals surface area contributed by atoms with E-state index in [0.717, 1.165) is 5.56 Å². The summed E-state index contributed by atoms with van der Waals surface area (Å²) < 4.78 is 22.0. The summed E-state index contributed by atoms with van der Waals surface area (Å²) in [6, 6.07) is 9.21. The molecule has 1 aromatic carbocycles. The molecule has 8 heteroatoms. The minimum atomic E-state index is -4.78. The van der Waals surface area contributed by atoms with Crippen LogP contribution in [0.25, 0.3) is 0 Å². The molecule has 0 spiro atoms. The van der Waals surface area contributed by atoms with Crippen molar-refractivity contribution in [1.29, 1.82) is 0 Å². The Balaban J connectivity index is 2.60. The highest BCUT2D eigenvalue weighted by molar-refractivity contribution is 7.70. The highest BCUT2D eigenvalue weighted by Crippen LogP contribution is 2.61. The third-order valence-electron chi connectivity index (χ3n) is 2.55. The number of benzene rings is 1. The molecular formula is C10H16O6P2. The molecule has 0 bridgehead atoms. The van der Waals surface area contributed by atoms with E-state index in [1.165, 1.54) is 0 Å². The van der Waals surface area contributed by atoms with Crippen molar-refractivity contribution in [2.24, 2.45) is 0 Å². The van der Waals surface area contributed by atoms with Gasteiger partial charge in [0, 0.05) is 0 Å². The maximum atomic E-state index is 11.0. The zero-order chi connectivity index (χ0) is 13.8. The van der Waals surface area contributed by atoms with Gasteiger partial charge >= 0.3 is 15.2 Å². The Labute approximate surface area is 105 Å². The lowest BCUT2D eigenvalue weighted by Crippen LogP contribution is -2.09. The second-order valence-corrected chi connectivity index (χ2v) is 8.05. The van der Waals surface area contributed by atoms with Gasteiger partial charge in [0.05, 0.1) is 0 Å². The summed E-state index contributed by atoms with van der Waals surface area (Å²) in [5, 5.41) is -1.89. The van der Waals surface area contributed by atoms with Gasteiger partial charge in [-0.3, -0.25) is 9.13 Å². The Morgan fingerprint density at radius 1 is 0.944 bits per heavy atom. The van der Waals surface area contributed by atoms with Gasteiger partial charge in [0.1, 0.15) is 0 Å². The molecule has 0 unspecified atom stereocenters. The molecule has 0 atom stereocenters. The van der Waals surface area contributed by atoms with Gasteiger partial charge in [-0.1, -0.05) is 30.3 Å². The van der Waals surface area contributed by atoms with E-state index in [4.69, 9.17) is 19.6 Å². The summed E-state index contributed by atoms with van der Waals surface area (Å²) in [4.78, 5) is 35.7. The van der Waals surface area contributed by atoms with E-state index in [0.29, 0.717) is 12.8 Å². The van der Waals surface area contributed by atoms with Gasteiger partial charge in [0.2, 0.25) is 0 Å². The zero-order valence-corrected chi connectivity index (χ0v) is 11.4. The first kappa shape index (κ1) is 15.6. The largest absolute Gasteiger partial charge is 0.340 e. The average Bonchev–Trinajstić information content (AvgIpc) is 2.22. The van der Waals surface area contributed by atoms with Crippen LogP contribution in [0, 0.1) is 0 Å². The van der Waals surface area contributed by atoms with Gasteiger partial charge in [-0.05, 0) is 24.8 Å². The molecule has 1 rings (SSSR count). The minimum absolute atomic E-state index is 0.205. The van der Waals surface area contributed by atoms with Crippen LogP contribution in [-0.4, -0.2) is 25.0 Å². The fourth-order valence-corrected chi connectivity index (χ4v) is 4.27. The van der Waals surface area contributed by atoms with Gasteiger partial charge in [-0.25, -0.2) is 0 Å². The van der Waals surface area contributed by atoms with Crippen LogP contribution < -0.4 is 0 Å². The molecule has 0 fully saturated rings. The molecule has 0 amide bonds. The third-order valence-corrected chi connectivity index (χ3v) is 6.42. The van der Waals surface area contributed by atoms with Crippen molar-refractivity contribution < 1.29 is 28.7 Å². The van der Waals surface area contributed by atoms with Crippen molar-refractivity contribution in [1.82, 2.24) is 0 Å². The lowest BCUT2D eigenvalue weighted by Gasteiger charge is -2.19. The van der Waals surface area contributed by atoms with Gasteiger partial charge in [-0.2, -0.15) is 0 Å². The molecule has 0 saturated carbocycles. The Hall–Kier alpha value is -0.480. The molecule has 18 heavy (non-hydrogen) atoms. The van der Waals surface area contributed by atoms with Gasteiger partial charge < -0.3 is 19.6 Å². The van der Waals surface area contributed by atoms with Crippen molar-refractivity contribution in [3.05, 3.63) is 35.9 Å². The lowest BCUT2D eigenvalue weighted by atomic mass is 10.1. The number of rotatable bonds is 6. The number of hydrogen-bond donors (Lipinski definition) is 4. The quantitative estimate of drug-likeness (QED) is 0.593. The lowest BCUT2D eigenvalue weighted by molar-refractivity contribution is 0.334. The molecule has 0 aliphatic carbocycles. The second-order valence-electron chi connectivity index (χ2n) is 4.04. The summed E-state index contributed by atoms with van der Waals surface area (Å²) in [6.45, 7) is 0. The van der Waals surface area contributed by atoms with Crippen molar-refractivity contribution in [2.45, 2.75) is 24.7 Å². The van der Waals surface area contributed by atoms with Crippen LogP contribution in [0.3, 0.4) is 0 Å². The van der Waals surface area contributed by atoms with Crippen LogP contribution in [0.2, 0.25) is 0 Å². The normalized spacial score (nSPS) is 12.9. The summed E-state index contributed by atoms with van der Waals surface area (Å²) in [5.74, 6) is 0. The first-order valence-corrected chi connectivity index (χ1v) is 8.72. The highest BCUT2D eigenvalue weighted by Gasteiger charge is 2.42. The van der Waals surface area contributed by atoms with Crippen LogP contribution in [0.15, 0.2) is 30.3 Å². The SMILES string of the molecule is O=P(O)(O)C(CCCc1ccccc1)P(=O)(O)O. The highest BCUT2D eigenvalue weighted by atomic mass is 31.2. The first-order valence-electron chi connectivity index (χ1n) is 5.35. The van der Waals surface area contributed by atoms with E-state index < -0.39 is 20.6 Å². The van der Waals surface area contributed by atoms with Crippen LogP contribution in [0.5, 0.6) is 0 Å². The standard InChI is InChI=1S/C10H16O6P2/c11-17(12,13)10(18(14,15)16)8-4-7-9-5-2-1-3-6-9/h1-3,5-6,10H,4,7-8H2,(H2,11,12,13)(H2,14,15,16). The maximum absolute atomic E-state index is 11.0. The van der Waals surface area contributed by atoms with Gasteiger partial charge in [-0.15, -0.1) is 0 Å². The summed E-state index contributed by atoms with van der Waals surface area (Å²) in [5.41, 5.74) is 0.965.